The van der Waals surface area contributed by atoms with Crippen LogP contribution in [0, 0.1) is 13.8 Å². The van der Waals surface area contributed by atoms with Crippen LogP contribution in [0.4, 0.5) is 11.6 Å². The van der Waals surface area contributed by atoms with Crippen molar-refractivity contribution in [2.45, 2.75) is 33.1 Å². The van der Waals surface area contributed by atoms with Gasteiger partial charge in [-0.25, -0.2) is 9.97 Å². The van der Waals surface area contributed by atoms with Gasteiger partial charge in [-0.05, 0) is 50.3 Å². The fourth-order valence-electron chi connectivity index (χ4n) is 2.97. The van der Waals surface area contributed by atoms with Crippen LogP contribution < -0.4 is 5.32 Å². The Morgan fingerprint density at radius 1 is 1.12 bits per heavy atom. The number of carbonyl (C=O) groups excluding carboxylic acids is 1. The van der Waals surface area contributed by atoms with Gasteiger partial charge in [-0.3, -0.25) is 4.79 Å². The zero-order valence-corrected chi connectivity index (χ0v) is 14.7. The number of piperidine rings is 1. The van der Waals surface area contributed by atoms with Crippen LogP contribution in [0.3, 0.4) is 0 Å². The Morgan fingerprint density at radius 2 is 1.79 bits per heavy atom. The molecule has 1 aliphatic heterocycles. The fraction of sp³-hybridized carbons (Fsp3) is 0.389. The summed E-state index contributed by atoms with van der Waals surface area (Å²) in [6.07, 6.45) is 6.47. The number of hydrogen-bond acceptors (Lipinski definition) is 4. The number of carbonyl (C=O) groups is 1. The second-order valence-corrected chi connectivity index (χ2v) is 6.62. The van der Waals surface area contributed by atoms with E-state index in [-0.39, 0.29) is 5.91 Å². The smallest absolute Gasteiger partial charge is 0.256 e. The molecule has 0 bridgehead atoms. The normalized spacial score (nSPS) is 14.5. The zero-order chi connectivity index (χ0) is 17.1. The Morgan fingerprint density at radius 3 is 2.42 bits per heavy atom. The van der Waals surface area contributed by atoms with Gasteiger partial charge in [0.1, 0.15) is 0 Å². The highest BCUT2D eigenvalue weighted by Crippen LogP contribution is 2.29. The van der Waals surface area contributed by atoms with Gasteiger partial charge in [0.15, 0.2) is 0 Å². The number of halogens is 1. The molecule has 2 heterocycles. The van der Waals surface area contributed by atoms with E-state index in [4.69, 9.17) is 11.6 Å². The molecule has 0 spiro atoms. The third-order valence-corrected chi connectivity index (χ3v) is 4.51. The quantitative estimate of drug-likeness (QED) is 0.910. The standard InChI is InChI=1S/C18H21ClN4O/c1-12-8-13(2)16(15(19)9-12)22-18-20-10-14(11-21-18)17(24)23-6-4-3-5-7-23/h8-11H,3-7H2,1-2H3,(H,20,21,22). The van der Waals surface area contributed by atoms with Gasteiger partial charge >= 0.3 is 0 Å². The lowest BCUT2D eigenvalue weighted by Crippen LogP contribution is -2.35. The molecule has 6 heteroatoms. The number of anilines is 2. The number of aromatic nitrogens is 2. The van der Waals surface area contributed by atoms with Gasteiger partial charge in [0.25, 0.3) is 5.91 Å². The van der Waals surface area contributed by atoms with Crippen molar-refractivity contribution >= 4 is 29.1 Å². The molecule has 3 rings (SSSR count). The average Bonchev–Trinajstić information content (AvgIpc) is 2.59. The maximum atomic E-state index is 12.4. The Bertz CT molecular complexity index is 716. The van der Waals surface area contributed by atoms with Crippen LogP contribution >= 0.6 is 11.6 Å². The van der Waals surface area contributed by atoms with E-state index in [9.17, 15) is 4.79 Å². The first kappa shape index (κ1) is 16.7. The van der Waals surface area contributed by atoms with Crippen LogP contribution in [-0.4, -0.2) is 33.9 Å². The molecule has 2 aromatic rings. The predicted molar refractivity (Wildman–Crippen MR) is 96.0 cm³/mol. The van der Waals surface area contributed by atoms with E-state index in [1.165, 1.54) is 6.42 Å². The molecule has 0 atom stereocenters. The number of likely N-dealkylation sites (tertiary alicyclic amines) is 1. The minimum Gasteiger partial charge on any atom is -0.339 e. The Balaban J connectivity index is 1.74. The highest BCUT2D eigenvalue weighted by molar-refractivity contribution is 6.33. The molecule has 0 saturated carbocycles. The van der Waals surface area contributed by atoms with Crippen molar-refractivity contribution in [1.82, 2.24) is 14.9 Å². The number of hydrogen-bond donors (Lipinski definition) is 1. The van der Waals surface area contributed by atoms with E-state index in [0.29, 0.717) is 16.5 Å². The van der Waals surface area contributed by atoms with Gasteiger partial charge in [-0.2, -0.15) is 0 Å². The van der Waals surface area contributed by atoms with Crippen molar-refractivity contribution in [2.75, 3.05) is 18.4 Å². The summed E-state index contributed by atoms with van der Waals surface area (Å²) in [5.41, 5.74) is 3.44. The molecule has 0 radical (unpaired) electrons. The Kier molecular flexibility index (Phi) is 5.00. The van der Waals surface area contributed by atoms with E-state index in [0.717, 1.165) is 42.7 Å². The largest absolute Gasteiger partial charge is 0.339 e. The molecular formula is C18H21ClN4O. The van der Waals surface area contributed by atoms with Gasteiger partial charge in [0.2, 0.25) is 5.95 Å². The van der Waals surface area contributed by atoms with Gasteiger partial charge < -0.3 is 10.2 Å². The summed E-state index contributed by atoms with van der Waals surface area (Å²) in [5, 5.41) is 3.76. The maximum Gasteiger partial charge on any atom is 0.256 e. The lowest BCUT2D eigenvalue weighted by molar-refractivity contribution is 0.0723. The number of rotatable bonds is 3. The summed E-state index contributed by atoms with van der Waals surface area (Å²) in [5.74, 6) is 0.435. The van der Waals surface area contributed by atoms with Gasteiger partial charge in [-0.15, -0.1) is 0 Å². The average molecular weight is 345 g/mol. The lowest BCUT2D eigenvalue weighted by Gasteiger charge is -2.26. The zero-order valence-electron chi connectivity index (χ0n) is 14.0. The second-order valence-electron chi connectivity index (χ2n) is 6.21. The molecule has 1 aromatic carbocycles. The van der Waals surface area contributed by atoms with E-state index in [2.05, 4.69) is 15.3 Å². The van der Waals surface area contributed by atoms with Gasteiger partial charge in [0, 0.05) is 25.5 Å². The monoisotopic (exact) mass is 344 g/mol. The predicted octanol–water partition coefficient (Wildman–Crippen LogP) is 4.12. The van der Waals surface area contributed by atoms with E-state index in [1.807, 2.05) is 30.9 Å². The number of amides is 1. The fourth-order valence-corrected chi connectivity index (χ4v) is 3.34. The van der Waals surface area contributed by atoms with Crippen molar-refractivity contribution in [3.8, 4) is 0 Å². The summed E-state index contributed by atoms with van der Waals surface area (Å²) in [7, 11) is 0. The number of aryl methyl sites for hydroxylation is 2. The topological polar surface area (TPSA) is 58.1 Å². The number of benzene rings is 1. The molecule has 24 heavy (non-hydrogen) atoms. The molecule has 1 aliphatic rings. The third kappa shape index (κ3) is 3.67. The molecule has 5 nitrogen and oxygen atoms in total. The second kappa shape index (κ2) is 7.18. The van der Waals surface area contributed by atoms with Crippen LogP contribution in [0.1, 0.15) is 40.7 Å². The van der Waals surface area contributed by atoms with Gasteiger partial charge in [-0.1, -0.05) is 17.7 Å². The van der Waals surface area contributed by atoms with Gasteiger partial charge in [0.05, 0.1) is 16.3 Å². The lowest BCUT2D eigenvalue weighted by atomic mass is 10.1. The molecular weight excluding hydrogens is 324 g/mol. The van der Waals surface area contributed by atoms with E-state index >= 15 is 0 Å². The first-order chi connectivity index (χ1) is 11.5. The molecule has 1 saturated heterocycles. The first-order valence-electron chi connectivity index (χ1n) is 8.19. The maximum absolute atomic E-state index is 12.4. The summed E-state index contributed by atoms with van der Waals surface area (Å²) >= 11 is 6.29. The van der Waals surface area contributed by atoms with Crippen molar-refractivity contribution in [3.05, 3.63) is 46.2 Å². The molecule has 0 aliphatic carbocycles. The summed E-state index contributed by atoms with van der Waals surface area (Å²) < 4.78 is 0. The number of nitrogens with zero attached hydrogens (tertiary/aromatic N) is 3. The third-order valence-electron chi connectivity index (χ3n) is 4.21. The summed E-state index contributed by atoms with van der Waals surface area (Å²) in [6.45, 7) is 5.61. The van der Waals surface area contributed by atoms with Crippen molar-refractivity contribution in [1.29, 1.82) is 0 Å². The minimum absolute atomic E-state index is 0.00537. The number of nitrogens with one attached hydrogen (secondary N) is 1. The van der Waals surface area contributed by atoms with Crippen molar-refractivity contribution in [3.63, 3.8) is 0 Å². The summed E-state index contributed by atoms with van der Waals surface area (Å²) in [6, 6.07) is 3.94. The van der Waals surface area contributed by atoms with Crippen molar-refractivity contribution < 1.29 is 4.79 Å². The Hall–Kier alpha value is -2.14. The molecule has 1 aromatic heterocycles. The van der Waals surface area contributed by atoms with Crippen LogP contribution in [0.5, 0.6) is 0 Å². The van der Waals surface area contributed by atoms with Crippen molar-refractivity contribution in [2.24, 2.45) is 0 Å². The van der Waals surface area contributed by atoms with Crippen LogP contribution in [0.2, 0.25) is 5.02 Å². The highest BCUT2D eigenvalue weighted by Gasteiger charge is 2.19. The molecule has 1 fully saturated rings. The highest BCUT2D eigenvalue weighted by atomic mass is 35.5. The SMILES string of the molecule is Cc1cc(C)c(Nc2ncc(C(=O)N3CCCCC3)cn2)c(Cl)c1. The first-order valence-corrected chi connectivity index (χ1v) is 8.57. The minimum atomic E-state index is 0.00537. The molecule has 1 N–H and O–H groups in total. The van der Waals surface area contributed by atoms with Crippen LogP contribution in [-0.2, 0) is 0 Å². The van der Waals surface area contributed by atoms with Crippen LogP contribution in [0.25, 0.3) is 0 Å². The molecule has 0 unspecified atom stereocenters. The van der Waals surface area contributed by atoms with E-state index < -0.39 is 0 Å². The summed E-state index contributed by atoms with van der Waals surface area (Å²) in [4.78, 5) is 22.8. The molecule has 126 valence electrons. The van der Waals surface area contributed by atoms with Crippen LogP contribution in [0.15, 0.2) is 24.5 Å². The van der Waals surface area contributed by atoms with E-state index in [1.54, 1.807) is 12.4 Å². The Labute approximate surface area is 147 Å². The molecule has 1 amide bonds.